The van der Waals surface area contributed by atoms with Gasteiger partial charge in [0.2, 0.25) is 0 Å². The maximum atomic E-state index is 5.37. The third-order valence-corrected chi connectivity index (χ3v) is 2.36. The maximum absolute atomic E-state index is 5.37. The molecule has 76 valence electrons. The molecule has 2 rings (SSSR count). The largest absolute Gasteiger partial charge is 0.380 e. The topological polar surface area (TPSA) is 47.0 Å². The van der Waals surface area contributed by atoms with E-state index in [1.54, 1.807) is 6.20 Å². The first-order valence-corrected chi connectivity index (χ1v) is 5.03. The van der Waals surface area contributed by atoms with Crippen LogP contribution in [0.5, 0.6) is 0 Å². The van der Waals surface area contributed by atoms with Crippen molar-refractivity contribution in [3.8, 4) is 0 Å². The van der Waals surface area contributed by atoms with Crippen molar-refractivity contribution in [2.45, 2.75) is 25.4 Å². The molecule has 1 N–H and O–H groups in total. The molecule has 0 spiro atoms. The van der Waals surface area contributed by atoms with E-state index in [2.05, 4.69) is 15.5 Å². The first kappa shape index (κ1) is 9.55. The normalized spacial score (nSPS) is 22.1. The van der Waals surface area contributed by atoms with Crippen LogP contribution in [-0.2, 0) is 11.3 Å². The number of aromatic nitrogens is 2. The van der Waals surface area contributed by atoms with E-state index >= 15 is 0 Å². The Morgan fingerprint density at radius 1 is 1.57 bits per heavy atom. The smallest absolute Gasteiger partial charge is 0.0769 e. The van der Waals surface area contributed by atoms with E-state index in [4.69, 9.17) is 4.74 Å². The minimum Gasteiger partial charge on any atom is -0.380 e. The van der Waals surface area contributed by atoms with Gasteiger partial charge in [-0.15, -0.1) is 0 Å². The molecule has 0 aliphatic carbocycles. The monoisotopic (exact) mass is 193 g/mol. The number of ether oxygens (including phenoxy) is 1. The van der Waals surface area contributed by atoms with E-state index in [9.17, 15) is 0 Å². The molecule has 1 aromatic rings. The molecule has 1 aliphatic rings. The summed E-state index contributed by atoms with van der Waals surface area (Å²) in [5.74, 6) is 0. The average Bonchev–Trinajstić information content (AvgIpc) is 2.29. The zero-order valence-electron chi connectivity index (χ0n) is 8.15. The van der Waals surface area contributed by atoms with Gasteiger partial charge in [-0.1, -0.05) is 0 Å². The fourth-order valence-corrected chi connectivity index (χ4v) is 1.58. The summed E-state index contributed by atoms with van der Waals surface area (Å²) in [6, 6.07) is 4.36. The molecule has 0 saturated carbocycles. The summed E-state index contributed by atoms with van der Waals surface area (Å²) in [6.45, 7) is 2.51. The lowest BCUT2D eigenvalue weighted by Crippen LogP contribution is -2.36. The van der Waals surface area contributed by atoms with E-state index in [1.165, 1.54) is 6.42 Å². The van der Waals surface area contributed by atoms with Gasteiger partial charge >= 0.3 is 0 Å². The van der Waals surface area contributed by atoms with Gasteiger partial charge in [-0.25, -0.2) is 0 Å². The molecule has 0 bridgehead atoms. The second kappa shape index (κ2) is 5.02. The summed E-state index contributed by atoms with van der Waals surface area (Å²) in [7, 11) is 0. The van der Waals surface area contributed by atoms with Crippen LogP contribution in [-0.4, -0.2) is 29.5 Å². The van der Waals surface area contributed by atoms with Crippen LogP contribution >= 0.6 is 0 Å². The molecule has 4 nitrogen and oxygen atoms in total. The number of nitrogens with one attached hydrogen (secondary N) is 1. The van der Waals surface area contributed by atoms with Gasteiger partial charge in [-0.2, -0.15) is 10.2 Å². The van der Waals surface area contributed by atoms with E-state index in [0.29, 0.717) is 6.04 Å². The Balaban J connectivity index is 1.76. The summed E-state index contributed by atoms with van der Waals surface area (Å²) >= 11 is 0. The van der Waals surface area contributed by atoms with Crippen LogP contribution in [0.4, 0.5) is 0 Å². The third kappa shape index (κ3) is 2.75. The zero-order valence-corrected chi connectivity index (χ0v) is 8.15. The lowest BCUT2D eigenvalue weighted by atomic mass is 10.1. The molecule has 0 aromatic carbocycles. The molecule has 1 saturated heterocycles. The van der Waals surface area contributed by atoms with Gasteiger partial charge in [0, 0.05) is 25.4 Å². The minimum atomic E-state index is 0.478. The summed E-state index contributed by atoms with van der Waals surface area (Å²) < 4.78 is 5.37. The van der Waals surface area contributed by atoms with E-state index in [0.717, 1.165) is 31.9 Å². The van der Waals surface area contributed by atoms with E-state index in [1.807, 2.05) is 12.1 Å². The molecule has 4 heteroatoms. The Bertz CT molecular complexity index is 259. The van der Waals surface area contributed by atoms with Crippen LogP contribution < -0.4 is 5.32 Å². The first-order chi connectivity index (χ1) is 6.95. The first-order valence-electron chi connectivity index (χ1n) is 5.03. The lowest BCUT2D eigenvalue weighted by Gasteiger charge is -2.22. The van der Waals surface area contributed by atoms with Crippen LogP contribution in [0.2, 0.25) is 0 Å². The van der Waals surface area contributed by atoms with Gasteiger partial charge in [-0.3, -0.25) is 0 Å². The van der Waals surface area contributed by atoms with Crippen LogP contribution in [0.1, 0.15) is 18.5 Å². The van der Waals surface area contributed by atoms with Crippen LogP contribution in [0.15, 0.2) is 18.3 Å². The highest BCUT2D eigenvalue weighted by molar-refractivity contribution is 4.98. The molecule has 1 aromatic heterocycles. The van der Waals surface area contributed by atoms with Gasteiger partial charge in [-0.05, 0) is 25.0 Å². The molecule has 2 heterocycles. The van der Waals surface area contributed by atoms with Crippen molar-refractivity contribution >= 4 is 0 Å². The predicted molar refractivity (Wildman–Crippen MR) is 52.7 cm³/mol. The van der Waals surface area contributed by atoms with Gasteiger partial charge in [0.1, 0.15) is 0 Å². The van der Waals surface area contributed by atoms with Gasteiger partial charge < -0.3 is 10.1 Å². The molecule has 0 amide bonds. The van der Waals surface area contributed by atoms with Crippen LogP contribution in [0, 0.1) is 0 Å². The molecule has 14 heavy (non-hydrogen) atoms. The zero-order chi connectivity index (χ0) is 9.64. The van der Waals surface area contributed by atoms with Gasteiger partial charge in [0.15, 0.2) is 0 Å². The van der Waals surface area contributed by atoms with Crippen molar-refractivity contribution in [3.63, 3.8) is 0 Å². The second-order valence-corrected chi connectivity index (χ2v) is 3.51. The summed E-state index contributed by atoms with van der Waals surface area (Å²) in [5, 5.41) is 11.2. The molecule has 1 aliphatic heterocycles. The average molecular weight is 193 g/mol. The van der Waals surface area contributed by atoms with Crippen molar-refractivity contribution in [3.05, 3.63) is 24.0 Å². The summed E-state index contributed by atoms with van der Waals surface area (Å²) in [4.78, 5) is 0. The molecule has 0 radical (unpaired) electrons. The highest BCUT2D eigenvalue weighted by Gasteiger charge is 2.12. The van der Waals surface area contributed by atoms with Crippen LogP contribution in [0.3, 0.4) is 0 Å². The van der Waals surface area contributed by atoms with E-state index < -0.39 is 0 Å². The number of nitrogens with zero attached hydrogens (tertiary/aromatic N) is 2. The van der Waals surface area contributed by atoms with Crippen LogP contribution in [0.25, 0.3) is 0 Å². The minimum absolute atomic E-state index is 0.478. The maximum Gasteiger partial charge on any atom is 0.0769 e. The highest BCUT2D eigenvalue weighted by Crippen LogP contribution is 2.06. The SMILES string of the molecule is c1cnnc(CNC2CCCOC2)c1. The Morgan fingerprint density at radius 2 is 2.57 bits per heavy atom. The van der Waals surface area contributed by atoms with Gasteiger partial charge in [0.25, 0.3) is 0 Å². The predicted octanol–water partition coefficient (Wildman–Crippen LogP) is 0.745. The number of rotatable bonds is 3. The fraction of sp³-hybridized carbons (Fsp3) is 0.600. The van der Waals surface area contributed by atoms with Gasteiger partial charge in [0.05, 0.1) is 12.3 Å². The molecule has 1 unspecified atom stereocenters. The Hall–Kier alpha value is -1.00. The number of hydrogen-bond donors (Lipinski definition) is 1. The van der Waals surface area contributed by atoms with Crippen molar-refractivity contribution in [2.75, 3.05) is 13.2 Å². The van der Waals surface area contributed by atoms with Crippen molar-refractivity contribution in [2.24, 2.45) is 0 Å². The molecule has 1 fully saturated rings. The Kier molecular flexibility index (Phi) is 3.43. The second-order valence-electron chi connectivity index (χ2n) is 3.51. The lowest BCUT2D eigenvalue weighted by molar-refractivity contribution is 0.0698. The molecule has 1 atom stereocenters. The Labute approximate surface area is 83.7 Å². The van der Waals surface area contributed by atoms with Crippen molar-refractivity contribution in [1.29, 1.82) is 0 Å². The summed E-state index contributed by atoms with van der Waals surface area (Å²) in [5.41, 5.74) is 0.984. The standard InChI is InChI=1S/C10H15N3O/c1-3-9(13-12-5-1)7-11-10-4-2-6-14-8-10/h1,3,5,10-11H,2,4,6-8H2. The third-order valence-electron chi connectivity index (χ3n) is 2.36. The van der Waals surface area contributed by atoms with E-state index in [-0.39, 0.29) is 0 Å². The Morgan fingerprint density at radius 3 is 3.29 bits per heavy atom. The molecular formula is C10H15N3O. The highest BCUT2D eigenvalue weighted by atomic mass is 16.5. The van der Waals surface area contributed by atoms with Crippen molar-refractivity contribution in [1.82, 2.24) is 15.5 Å². The molecular weight excluding hydrogens is 178 g/mol. The van der Waals surface area contributed by atoms with Crippen molar-refractivity contribution < 1.29 is 4.74 Å². The quantitative estimate of drug-likeness (QED) is 0.769. The number of hydrogen-bond acceptors (Lipinski definition) is 4. The summed E-state index contributed by atoms with van der Waals surface area (Å²) in [6.07, 6.45) is 4.03. The fourth-order valence-electron chi connectivity index (χ4n) is 1.58.